The first-order valence-electron chi connectivity index (χ1n) is 7.52. The van der Waals surface area contributed by atoms with Crippen LogP contribution in [0.4, 0.5) is 5.82 Å². The summed E-state index contributed by atoms with van der Waals surface area (Å²) >= 11 is 0. The number of hydrogen-bond acceptors (Lipinski definition) is 5. The summed E-state index contributed by atoms with van der Waals surface area (Å²) in [6.45, 7) is 3.60. The van der Waals surface area contributed by atoms with Gasteiger partial charge in [-0.15, -0.1) is 10.2 Å². The summed E-state index contributed by atoms with van der Waals surface area (Å²) in [6.07, 6.45) is 3.87. The maximum Gasteiger partial charge on any atom is 0.148 e. The second kappa shape index (κ2) is 6.91. The van der Waals surface area contributed by atoms with E-state index >= 15 is 0 Å². The molecule has 3 rings (SSSR count). The summed E-state index contributed by atoms with van der Waals surface area (Å²) in [7, 11) is 1.65. The molecule has 2 aromatic heterocycles. The zero-order valence-electron chi connectivity index (χ0n) is 13.2. The molecule has 0 saturated carbocycles. The van der Waals surface area contributed by atoms with Gasteiger partial charge in [-0.3, -0.25) is 4.68 Å². The predicted octanol–water partition coefficient (Wildman–Crippen LogP) is 2.98. The average Bonchev–Trinajstić information content (AvgIpc) is 3.08. The van der Waals surface area contributed by atoms with Crippen LogP contribution >= 0.6 is 0 Å². The van der Waals surface area contributed by atoms with Crippen molar-refractivity contribution < 1.29 is 4.74 Å². The lowest BCUT2D eigenvalue weighted by Gasteiger charge is -2.08. The van der Waals surface area contributed by atoms with Crippen molar-refractivity contribution in [2.75, 3.05) is 12.4 Å². The van der Waals surface area contributed by atoms with E-state index < -0.39 is 0 Å². The Morgan fingerprint density at radius 1 is 1.13 bits per heavy atom. The minimum Gasteiger partial charge on any atom is -0.496 e. The van der Waals surface area contributed by atoms with E-state index in [1.165, 1.54) is 0 Å². The van der Waals surface area contributed by atoms with Gasteiger partial charge in [-0.05, 0) is 31.2 Å². The number of benzene rings is 1. The normalized spacial score (nSPS) is 10.5. The number of ether oxygens (including phenoxy) is 1. The first-order chi connectivity index (χ1) is 11.3. The molecule has 6 heteroatoms. The zero-order chi connectivity index (χ0) is 16.1. The maximum absolute atomic E-state index is 5.36. The summed E-state index contributed by atoms with van der Waals surface area (Å²) in [6, 6.07) is 11.6. The molecule has 1 N–H and O–H groups in total. The number of rotatable bonds is 6. The summed E-state index contributed by atoms with van der Waals surface area (Å²) in [5.41, 5.74) is 2.83. The van der Waals surface area contributed by atoms with Crippen LogP contribution < -0.4 is 10.1 Å². The number of nitrogens with zero attached hydrogens (tertiary/aromatic N) is 4. The SMILES string of the molecule is CCn1cc(CNc2ccc(-c3ccccc3OC)nn2)cn1. The van der Waals surface area contributed by atoms with Crippen LogP contribution in [0, 0.1) is 0 Å². The Balaban J connectivity index is 1.69. The molecule has 0 aliphatic carbocycles. The topological polar surface area (TPSA) is 64.9 Å². The summed E-state index contributed by atoms with van der Waals surface area (Å²) in [5, 5.41) is 16.0. The Morgan fingerprint density at radius 3 is 2.70 bits per heavy atom. The van der Waals surface area contributed by atoms with Gasteiger partial charge < -0.3 is 10.1 Å². The minimum atomic E-state index is 0.669. The van der Waals surface area contributed by atoms with Gasteiger partial charge in [0.05, 0.1) is 19.0 Å². The second-order valence-electron chi connectivity index (χ2n) is 5.06. The van der Waals surface area contributed by atoms with Crippen molar-refractivity contribution in [2.24, 2.45) is 0 Å². The molecule has 0 bridgehead atoms. The lowest BCUT2D eigenvalue weighted by molar-refractivity contribution is 0.416. The molecule has 0 unspecified atom stereocenters. The third-order valence-electron chi connectivity index (χ3n) is 3.53. The van der Waals surface area contributed by atoms with Crippen molar-refractivity contribution >= 4 is 5.82 Å². The van der Waals surface area contributed by atoms with E-state index in [9.17, 15) is 0 Å². The van der Waals surface area contributed by atoms with Crippen LogP contribution in [0.5, 0.6) is 5.75 Å². The smallest absolute Gasteiger partial charge is 0.148 e. The van der Waals surface area contributed by atoms with Gasteiger partial charge in [0.1, 0.15) is 11.6 Å². The number of para-hydroxylation sites is 1. The molecular formula is C17H19N5O. The average molecular weight is 309 g/mol. The van der Waals surface area contributed by atoms with Gasteiger partial charge in [-0.2, -0.15) is 5.10 Å². The first-order valence-corrected chi connectivity index (χ1v) is 7.52. The fraction of sp³-hybridized carbons (Fsp3) is 0.235. The quantitative estimate of drug-likeness (QED) is 0.758. The van der Waals surface area contributed by atoms with Crippen molar-refractivity contribution in [2.45, 2.75) is 20.0 Å². The molecule has 0 aliphatic rings. The third kappa shape index (κ3) is 3.48. The van der Waals surface area contributed by atoms with E-state index in [-0.39, 0.29) is 0 Å². The standard InChI is InChI=1S/C17H19N5O/c1-3-22-12-13(11-19-22)10-18-17-9-8-15(20-21-17)14-6-4-5-7-16(14)23-2/h4-9,11-12H,3,10H2,1-2H3,(H,18,21). The Kier molecular flexibility index (Phi) is 4.52. The van der Waals surface area contributed by atoms with Crippen molar-refractivity contribution in [1.29, 1.82) is 0 Å². The Hall–Kier alpha value is -2.89. The fourth-order valence-corrected chi connectivity index (χ4v) is 2.29. The molecule has 3 aromatic rings. The minimum absolute atomic E-state index is 0.669. The van der Waals surface area contributed by atoms with Crippen molar-refractivity contribution in [1.82, 2.24) is 20.0 Å². The highest BCUT2D eigenvalue weighted by molar-refractivity contribution is 5.67. The molecule has 6 nitrogen and oxygen atoms in total. The molecule has 0 radical (unpaired) electrons. The second-order valence-corrected chi connectivity index (χ2v) is 5.06. The highest BCUT2D eigenvalue weighted by Crippen LogP contribution is 2.27. The van der Waals surface area contributed by atoms with Crippen LogP contribution in [0.15, 0.2) is 48.8 Å². The van der Waals surface area contributed by atoms with Gasteiger partial charge in [-0.1, -0.05) is 12.1 Å². The monoisotopic (exact) mass is 309 g/mol. The van der Waals surface area contributed by atoms with Crippen LogP contribution in [0.3, 0.4) is 0 Å². The summed E-state index contributed by atoms with van der Waals surface area (Å²) < 4.78 is 7.25. The number of aryl methyl sites for hydroxylation is 1. The third-order valence-corrected chi connectivity index (χ3v) is 3.53. The van der Waals surface area contributed by atoms with Crippen LogP contribution in [-0.2, 0) is 13.1 Å². The van der Waals surface area contributed by atoms with E-state index in [1.807, 2.05) is 53.5 Å². The van der Waals surface area contributed by atoms with E-state index in [0.29, 0.717) is 6.54 Å². The first kappa shape index (κ1) is 15.0. The number of methoxy groups -OCH3 is 1. The van der Waals surface area contributed by atoms with Crippen molar-refractivity contribution in [3.05, 3.63) is 54.4 Å². The van der Waals surface area contributed by atoms with Crippen molar-refractivity contribution in [3.8, 4) is 17.0 Å². The highest BCUT2D eigenvalue weighted by Gasteiger charge is 2.07. The molecular weight excluding hydrogens is 290 g/mol. The summed E-state index contributed by atoms with van der Waals surface area (Å²) in [5.74, 6) is 1.52. The highest BCUT2D eigenvalue weighted by atomic mass is 16.5. The number of nitrogens with one attached hydrogen (secondary N) is 1. The van der Waals surface area contributed by atoms with Gasteiger partial charge >= 0.3 is 0 Å². The van der Waals surface area contributed by atoms with Gasteiger partial charge in [0, 0.05) is 30.4 Å². The van der Waals surface area contributed by atoms with Gasteiger partial charge in [0.25, 0.3) is 0 Å². The molecule has 23 heavy (non-hydrogen) atoms. The molecule has 0 amide bonds. The van der Waals surface area contributed by atoms with Gasteiger partial charge in [0.2, 0.25) is 0 Å². The molecule has 0 fully saturated rings. The Labute approximate surface area is 135 Å². The molecule has 0 atom stereocenters. The molecule has 0 spiro atoms. The molecule has 0 aliphatic heterocycles. The summed E-state index contributed by atoms with van der Waals surface area (Å²) in [4.78, 5) is 0. The van der Waals surface area contributed by atoms with Crippen LogP contribution in [0.25, 0.3) is 11.3 Å². The van der Waals surface area contributed by atoms with E-state index in [0.717, 1.165) is 34.9 Å². The van der Waals surface area contributed by atoms with E-state index in [1.54, 1.807) is 7.11 Å². The van der Waals surface area contributed by atoms with Gasteiger partial charge in [-0.25, -0.2) is 0 Å². The number of hydrogen-bond donors (Lipinski definition) is 1. The van der Waals surface area contributed by atoms with Crippen molar-refractivity contribution in [3.63, 3.8) is 0 Å². The van der Waals surface area contributed by atoms with E-state index in [4.69, 9.17) is 4.74 Å². The van der Waals surface area contributed by atoms with Gasteiger partial charge in [0.15, 0.2) is 0 Å². The number of aromatic nitrogens is 4. The Bertz CT molecular complexity index is 767. The van der Waals surface area contributed by atoms with E-state index in [2.05, 4.69) is 27.5 Å². The Morgan fingerprint density at radius 2 is 2.00 bits per heavy atom. The predicted molar refractivity (Wildman–Crippen MR) is 89.2 cm³/mol. The fourth-order valence-electron chi connectivity index (χ4n) is 2.29. The molecule has 0 saturated heterocycles. The van der Waals surface area contributed by atoms with Crippen LogP contribution in [0.1, 0.15) is 12.5 Å². The lowest BCUT2D eigenvalue weighted by atomic mass is 10.1. The largest absolute Gasteiger partial charge is 0.496 e. The zero-order valence-corrected chi connectivity index (χ0v) is 13.2. The van der Waals surface area contributed by atoms with Crippen LogP contribution in [-0.4, -0.2) is 27.1 Å². The molecule has 2 heterocycles. The molecule has 118 valence electrons. The number of anilines is 1. The lowest BCUT2D eigenvalue weighted by Crippen LogP contribution is -2.02. The molecule has 1 aromatic carbocycles. The maximum atomic E-state index is 5.36. The van der Waals surface area contributed by atoms with Crippen LogP contribution in [0.2, 0.25) is 0 Å².